The number of benzene rings is 3. The number of amides is 2. The third kappa shape index (κ3) is 5.06. The number of carbonyl (C=O) groups is 2. The number of hydrogen-bond donors (Lipinski definition) is 1. The van der Waals surface area contributed by atoms with Crippen LogP contribution in [-0.4, -0.2) is 34.5 Å². The van der Waals surface area contributed by atoms with E-state index in [1.165, 1.54) is 5.56 Å². The third-order valence-electron chi connectivity index (χ3n) is 6.34. The van der Waals surface area contributed by atoms with Gasteiger partial charge in [0.05, 0.1) is 17.1 Å². The van der Waals surface area contributed by atoms with E-state index in [1.54, 1.807) is 24.3 Å². The Balaban J connectivity index is 1.34. The standard InChI is InChI=1S/C28H27ClN4O3/c1-19(30-26(34)18-36-22-14-12-21(29)13-15-22)28-31-23-9-3-5-11-25(23)33(28)17-27(35)32-16-6-8-20-7-2-4-10-24(20)32/h2-5,7,9-15,19H,6,8,16-18H2,1H3,(H,30,34). The van der Waals surface area contributed by atoms with Crippen LogP contribution in [0.5, 0.6) is 5.75 Å². The Morgan fingerprint density at radius 2 is 1.81 bits per heavy atom. The minimum absolute atomic E-state index is 0.00356. The van der Waals surface area contributed by atoms with Crippen LogP contribution in [0.1, 0.15) is 30.8 Å². The van der Waals surface area contributed by atoms with Crippen molar-refractivity contribution in [3.8, 4) is 5.75 Å². The number of ether oxygens (including phenoxy) is 1. The molecule has 4 aromatic rings. The second-order valence-electron chi connectivity index (χ2n) is 8.85. The molecule has 0 radical (unpaired) electrons. The molecule has 36 heavy (non-hydrogen) atoms. The van der Waals surface area contributed by atoms with Crippen molar-refractivity contribution in [1.29, 1.82) is 0 Å². The summed E-state index contributed by atoms with van der Waals surface area (Å²) in [5.74, 6) is 0.889. The number of halogens is 1. The van der Waals surface area contributed by atoms with Crippen LogP contribution in [0, 0.1) is 0 Å². The zero-order valence-corrected chi connectivity index (χ0v) is 20.7. The second kappa shape index (κ2) is 10.4. The van der Waals surface area contributed by atoms with Gasteiger partial charge in [-0.1, -0.05) is 41.9 Å². The Hall–Kier alpha value is -3.84. The van der Waals surface area contributed by atoms with Gasteiger partial charge in [-0.2, -0.15) is 0 Å². The zero-order valence-electron chi connectivity index (χ0n) is 20.0. The van der Waals surface area contributed by atoms with Crippen molar-refractivity contribution in [3.63, 3.8) is 0 Å². The monoisotopic (exact) mass is 502 g/mol. The molecule has 0 saturated carbocycles. The molecule has 1 aliphatic rings. The first-order valence-electron chi connectivity index (χ1n) is 12.0. The number of hydrogen-bond acceptors (Lipinski definition) is 4. The van der Waals surface area contributed by atoms with Gasteiger partial charge in [-0.3, -0.25) is 9.59 Å². The molecule has 8 heteroatoms. The van der Waals surface area contributed by atoms with E-state index in [-0.39, 0.29) is 25.0 Å². The molecule has 1 aliphatic heterocycles. The van der Waals surface area contributed by atoms with Crippen LogP contribution in [0.2, 0.25) is 5.02 Å². The van der Waals surface area contributed by atoms with E-state index in [9.17, 15) is 9.59 Å². The number of anilines is 1. The highest BCUT2D eigenvalue weighted by Gasteiger charge is 2.25. The van der Waals surface area contributed by atoms with E-state index in [0.29, 0.717) is 23.1 Å². The summed E-state index contributed by atoms with van der Waals surface area (Å²) in [5, 5.41) is 3.55. The fourth-order valence-electron chi connectivity index (χ4n) is 4.63. The Kier molecular flexibility index (Phi) is 6.91. The molecule has 3 aromatic carbocycles. The maximum atomic E-state index is 13.5. The highest BCUT2D eigenvalue weighted by Crippen LogP contribution is 2.28. The molecule has 184 valence electrons. The van der Waals surface area contributed by atoms with Gasteiger partial charge in [0, 0.05) is 17.3 Å². The Labute approximate surface area is 214 Å². The van der Waals surface area contributed by atoms with E-state index in [2.05, 4.69) is 11.4 Å². The Bertz CT molecular complexity index is 1400. The molecule has 1 N–H and O–H groups in total. The first-order chi connectivity index (χ1) is 17.5. The molecule has 0 saturated heterocycles. The van der Waals surface area contributed by atoms with E-state index in [1.807, 2.05) is 58.9 Å². The molecule has 5 rings (SSSR count). The fraction of sp³-hybridized carbons (Fsp3) is 0.250. The highest BCUT2D eigenvalue weighted by molar-refractivity contribution is 6.30. The number of imidazole rings is 1. The molecule has 0 aliphatic carbocycles. The third-order valence-corrected chi connectivity index (χ3v) is 6.59. The second-order valence-corrected chi connectivity index (χ2v) is 9.29. The van der Waals surface area contributed by atoms with Gasteiger partial charge in [-0.15, -0.1) is 0 Å². The molecule has 0 spiro atoms. The maximum Gasteiger partial charge on any atom is 0.258 e. The number of aromatic nitrogens is 2. The van der Waals surface area contributed by atoms with E-state index in [4.69, 9.17) is 21.3 Å². The summed E-state index contributed by atoms with van der Waals surface area (Å²) in [4.78, 5) is 32.8. The van der Waals surface area contributed by atoms with Crippen LogP contribution in [0.25, 0.3) is 11.0 Å². The van der Waals surface area contributed by atoms with Gasteiger partial charge in [0.1, 0.15) is 18.1 Å². The quantitative estimate of drug-likeness (QED) is 0.389. The van der Waals surface area contributed by atoms with Crippen molar-refractivity contribution >= 4 is 40.1 Å². The number of para-hydroxylation sites is 3. The SMILES string of the molecule is CC(NC(=O)COc1ccc(Cl)cc1)c1nc2ccccc2n1CC(=O)N1CCCc2ccccc21. The van der Waals surface area contributed by atoms with Gasteiger partial charge in [0.15, 0.2) is 6.61 Å². The molecule has 1 unspecified atom stereocenters. The van der Waals surface area contributed by atoms with Crippen LogP contribution in [-0.2, 0) is 22.6 Å². The van der Waals surface area contributed by atoms with Crippen LogP contribution in [0.15, 0.2) is 72.8 Å². The summed E-state index contributed by atoms with van der Waals surface area (Å²) < 4.78 is 7.47. The van der Waals surface area contributed by atoms with Gasteiger partial charge in [0.25, 0.3) is 5.91 Å². The number of carbonyl (C=O) groups excluding carboxylic acids is 2. The van der Waals surface area contributed by atoms with Gasteiger partial charge in [-0.05, 0) is 67.8 Å². The molecule has 2 amide bonds. The number of nitrogens with one attached hydrogen (secondary N) is 1. The predicted octanol–water partition coefficient (Wildman–Crippen LogP) is 4.93. The number of aryl methyl sites for hydroxylation is 1. The average Bonchev–Trinajstić information content (AvgIpc) is 3.26. The van der Waals surface area contributed by atoms with Crippen LogP contribution < -0.4 is 15.0 Å². The summed E-state index contributed by atoms with van der Waals surface area (Å²) >= 11 is 5.90. The van der Waals surface area contributed by atoms with Crippen molar-refractivity contribution in [2.45, 2.75) is 32.4 Å². The van der Waals surface area contributed by atoms with Crippen LogP contribution >= 0.6 is 11.6 Å². The Morgan fingerprint density at radius 3 is 2.64 bits per heavy atom. The molecule has 7 nitrogen and oxygen atoms in total. The van der Waals surface area contributed by atoms with E-state index < -0.39 is 6.04 Å². The topological polar surface area (TPSA) is 76.5 Å². The smallest absolute Gasteiger partial charge is 0.258 e. The summed E-state index contributed by atoms with van der Waals surface area (Å²) in [6.07, 6.45) is 1.90. The van der Waals surface area contributed by atoms with Crippen molar-refractivity contribution in [2.24, 2.45) is 0 Å². The minimum Gasteiger partial charge on any atom is -0.484 e. The van der Waals surface area contributed by atoms with Crippen LogP contribution in [0.3, 0.4) is 0 Å². The molecular weight excluding hydrogens is 476 g/mol. The van der Waals surface area contributed by atoms with Crippen molar-refractivity contribution < 1.29 is 14.3 Å². The number of fused-ring (bicyclic) bond motifs is 2. The lowest BCUT2D eigenvalue weighted by Crippen LogP contribution is -2.38. The van der Waals surface area contributed by atoms with E-state index in [0.717, 1.165) is 29.6 Å². The van der Waals surface area contributed by atoms with Crippen molar-refractivity contribution in [3.05, 3.63) is 89.2 Å². The molecule has 0 fully saturated rings. The summed E-state index contributed by atoms with van der Waals surface area (Å²) in [7, 11) is 0. The van der Waals surface area contributed by atoms with Crippen LogP contribution in [0.4, 0.5) is 5.69 Å². The molecular formula is C28H27ClN4O3. The van der Waals surface area contributed by atoms with Gasteiger partial charge in [0.2, 0.25) is 5.91 Å². The minimum atomic E-state index is -0.430. The summed E-state index contributed by atoms with van der Waals surface area (Å²) in [6, 6.07) is 22.2. The van der Waals surface area contributed by atoms with E-state index >= 15 is 0 Å². The normalized spacial score (nSPS) is 13.8. The Morgan fingerprint density at radius 1 is 1.06 bits per heavy atom. The van der Waals surface area contributed by atoms with Gasteiger partial charge < -0.3 is 19.5 Å². The largest absolute Gasteiger partial charge is 0.484 e. The summed E-state index contributed by atoms with van der Waals surface area (Å²) in [6.45, 7) is 2.53. The number of rotatable bonds is 7. The zero-order chi connectivity index (χ0) is 25.1. The highest BCUT2D eigenvalue weighted by atomic mass is 35.5. The number of nitrogens with zero attached hydrogens (tertiary/aromatic N) is 3. The molecule has 1 atom stereocenters. The summed E-state index contributed by atoms with van der Waals surface area (Å²) in [5.41, 5.74) is 3.79. The lowest BCUT2D eigenvalue weighted by atomic mass is 10.0. The lowest BCUT2D eigenvalue weighted by Gasteiger charge is -2.30. The van der Waals surface area contributed by atoms with Crippen molar-refractivity contribution in [2.75, 3.05) is 18.1 Å². The van der Waals surface area contributed by atoms with Crippen molar-refractivity contribution in [1.82, 2.24) is 14.9 Å². The maximum absolute atomic E-state index is 13.5. The lowest BCUT2D eigenvalue weighted by molar-refractivity contribution is -0.123. The predicted molar refractivity (Wildman–Crippen MR) is 140 cm³/mol. The molecule has 2 heterocycles. The first-order valence-corrected chi connectivity index (χ1v) is 12.4. The first kappa shape index (κ1) is 23.9. The molecule has 1 aromatic heterocycles. The van der Waals surface area contributed by atoms with Gasteiger partial charge in [-0.25, -0.2) is 4.98 Å². The van der Waals surface area contributed by atoms with Gasteiger partial charge >= 0.3 is 0 Å². The molecule has 0 bridgehead atoms. The average molecular weight is 503 g/mol. The fourth-order valence-corrected chi connectivity index (χ4v) is 4.76.